The summed E-state index contributed by atoms with van der Waals surface area (Å²) in [6.07, 6.45) is 0. The van der Waals surface area contributed by atoms with E-state index in [2.05, 4.69) is 71.6 Å². The average Bonchev–Trinajstić information content (AvgIpc) is 2.26. The van der Waals surface area contributed by atoms with Gasteiger partial charge in [0.15, 0.2) is 0 Å². The molecule has 1 aromatic rings. The van der Waals surface area contributed by atoms with Gasteiger partial charge in [0.05, 0.1) is 0 Å². The molecule has 0 aromatic heterocycles. The van der Waals surface area contributed by atoms with Gasteiger partial charge in [-0.2, -0.15) is 0 Å². The van der Waals surface area contributed by atoms with Gasteiger partial charge in [-0.3, -0.25) is 4.79 Å². The first-order valence-electron chi connectivity index (χ1n) is 7.04. The summed E-state index contributed by atoms with van der Waals surface area (Å²) >= 11 is 0. The van der Waals surface area contributed by atoms with E-state index in [0.29, 0.717) is 5.57 Å². The van der Waals surface area contributed by atoms with E-state index < -0.39 is 0 Å². The van der Waals surface area contributed by atoms with Crippen molar-refractivity contribution in [3.05, 3.63) is 41.5 Å². The van der Waals surface area contributed by atoms with E-state index in [0.717, 1.165) is 5.69 Å². The summed E-state index contributed by atoms with van der Waals surface area (Å²) in [7, 11) is 0. The molecule has 1 aromatic carbocycles. The van der Waals surface area contributed by atoms with E-state index in [1.165, 1.54) is 11.1 Å². The lowest BCUT2D eigenvalue weighted by molar-refractivity contribution is -0.112. The minimum Gasteiger partial charge on any atom is -0.322 e. The number of nitrogens with one attached hydrogen (secondary N) is 1. The molecular weight excluding hydrogens is 246 g/mol. The first kappa shape index (κ1) is 16.5. The van der Waals surface area contributed by atoms with E-state index in [-0.39, 0.29) is 16.7 Å². The Morgan fingerprint density at radius 1 is 0.950 bits per heavy atom. The minimum atomic E-state index is -0.129. The topological polar surface area (TPSA) is 29.1 Å². The monoisotopic (exact) mass is 273 g/mol. The number of hydrogen-bond acceptors (Lipinski definition) is 1. The molecule has 2 nitrogen and oxygen atoms in total. The van der Waals surface area contributed by atoms with E-state index in [1.807, 2.05) is 0 Å². The fourth-order valence-electron chi connectivity index (χ4n) is 1.80. The Kier molecular flexibility index (Phi) is 4.48. The molecule has 2 heteroatoms. The van der Waals surface area contributed by atoms with Gasteiger partial charge in [-0.15, -0.1) is 0 Å². The van der Waals surface area contributed by atoms with Crippen molar-refractivity contribution in [3.8, 4) is 0 Å². The molecule has 0 bridgehead atoms. The molecule has 0 fully saturated rings. The van der Waals surface area contributed by atoms with Crippen molar-refractivity contribution in [1.29, 1.82) is 0 Å². The molecular formula is C18H27NO. The summed E-state index contributed by atoms with van der Waals surface area (Å²) < 4.78 is 0. The van der Waals surface area contributed by atoms with Crippen LogP contribution in [-0.2, 0) is 15.6 Å². The predicted octanol–water partition coefficient (Wildman–Crippen LogP) is 4.80. The number of anilines is 1. The molecule has 1 N–H and O–H groups in total. The molecule has 0 radical (unpaired) electrons. The molecule has 1 rings (SSSR count). The molecule has 20 heavy (non-hydrogen) atoms. The van der Waals surface area contributed by atoms with E-state index >= 15 is 0 Å². The SMILES string of the molecule is C=C(C)C(=O)Nc1cc(C(C)(C)C)cc(C(C)(C)C)c1. The third-order valence-electron chi connectivity index (χ3n) is 3.31. The summed E-state index contributed by atoms with van der Waals surface area (Å²) in [5, 5.41) is 2.93. The minimum absolute atomic E-state index is 0.0456. The van der Waals surface area contributed by atoms with Crippen LogP contribution in [0.1, 0.15) is 59.6 Å². The molecule has 0 atom stereocenters. The maximum absolute atomic E-state index is 11.8. The summed E-state index contributed by atoms with van der Waals surface area (Å²) in [5.41, 5.74) is 3.90. The zero-order valence-corrected chi connectivity index (χ0v) is 13.8. The molecule has 110 valence electrons. The fourth-order valence-corrected chi connectivity index (χ4v) is 1.80. The van der Waals surface area contributed by atoms with Gasteiger partial charge in [-0.1, -0.05) is 54.2 Å². The Balaban J connectivity index is 3.31. The molecule has 0 heterocycles. The van der Waals surface area contributed by atoms with Crippen LogP contribution in [0.4, 0.5) is 5.69 Å². The molecule has 0 aliphatic carbocycles. The molecule has 1 amide bonds. The third kappa shape index (κ3) is 4.22. The zero-order chi connectivity index (χ0) is 15.7. The Bertz CT molecular complexity index is 495. The van der Waals surface area contributed by atoms with Crippen molar-refractivity contribution >= 4 is 11.6 Å². The van der Waals surface area contributed by atoms with Crippen LogP contribution in [0.5, 0.6) is 0 Å². The smallest absolute Gasteiger partial charge is 0.250 e. The van der Waals surface area contributed by atoms with Crippen LogP contribution in [0.15, 0.2) is 30.4 Å². The summed E-state index contributed by atoms with van der Waals surface area (Å²) in [6, 6.07) is 6.34. The molecule has 0 aliphatic rings. The van der Waals surface area contributed by atoms with Crippen LogP contribution in [-0.4, -0.2) is 5.91 Å². The number of rotatable bonds is 2. The molecule has 0 spiro atoms. The van der Waals surface area contributed by atoms with Crippen LogP contribution >= 0.6 is 0 Å². The number of hydrogen-bond donors (Lipinski definition) is 1. The lowest BCUT2D eigenvalue weighted by Crippen LogP contribution is -2.19. The van der Waals surface area contributed by atoms with Crippen molar-refractivity contribution in [2.45, 2.75) is 59.3 Å². The third-order valence-corrected chi connectivity index (χ3v) is 3.31. The second-order valence-electron chi connectivity index (χ2n) is 7.53. The zero-order valence-electron chi connectivity index (χ0n) is 13.8. The first-order valence-corrected chi connectivity index (χ1v) is 7.04. The van der Waals surface area contributed by atoms with Gasteiger partial charge in [-0.05, 0) is 41.0 Å². The van der Waals surface area contributed by atoms with Crippen molar-refractivity contribution in [3.63, 3.8) is 0 Å². The maximum atomic E-state index is 11.8. The van der Waals surface area contributed by atoms with Crippen LogP contribution < -0.4 is 5.32 Å². The Labute approximate surface area is 123 Å². The summed E-state index contributed by atoms with van der Waals surface area (Å²) in [4.78, 5) is 11.8. The van der Waals surface area contributed by atoms with Crippen molar-refractivity contribution in [2.75, 3.05) is 5.32 Å². The van der Waals surface area contributed by atoms with Gasteiger partial charge in [0.1, 0.15) is 0 Å². The predicted molar refractivity (Wildman–Crippen MR) is 87.3 cm³/mol. The number of benzene rings is 1. The highest BCUT2D eigenvalue weighted by atomic mass is 16.1. The lowest BCUT2D eigenvalue weighted by Gasteiger charge is -2.26. The number of amides is 1. The maximum Gasteiger partial charge on any atom is 0.250 e. The molecule has 0 unspecified atom stereocenters. The van der Waals surface area contributed by atoms with Gasteiger partial charge in [0.25, 0.3) is 5.91 Å². The standard InChI is InChI=1S/C18H27NO/c1-12(2)16(20)19-15-10-13(17(3,4)5)9-14(11-15)18(6,7)8/h9-11H,1H2,2-8H3,(H,19,20). The van der Waals surface area contributed by atoms with Crippen molar-refractivity contribution < 1.29 is 4.79 Å². The average molecular weight is 273 g/mol. The van der Waals surface area contributed by atoms with Crippen LogP contribution in [0, 0.1) is 0 Å². The van der Waals surface area contributed by atoms with E-state index in [4.69, 9.17) is 0 Å². The van der Waals surface area contributed by atoms with Gasteiger partial charge >= 0.3 is 0 Å². The largest absolute Gasteiger partial charge is 0.322 e. The second kappa shape index (κ2) is 5.43. The Morgan fingerprint density at radius 3 is 1.65 bits per heavy atom. The van der Waals surface area contributed by atoms with Crippen LogP contribution in [0.3, 0.4) is 0 Å². The van der Waals surface area contributed by atoms with Crippen molar-refractivity contribution in [2.24, 2.45) is 0 Å². The van der Waals surface area contributed by atoms with Gasteiger partial charge in [0, 0.05) is 11.3 Å². The second-order valence-corrected chi connectivity index (χ2v) is 7.53. The quantitative estimate of drug-likeness (QED) is 0.771. The van der Waals surface area contributed by atoms with Gasteiger partial charge < -0.3 is 5.32 Å². The summed E-state index contributed by atoms with van der Waals surface area (Å²) in [5.74, 6) is -0.129. The van der Waals surface area contributed by atoms with E-state index in [1.54, 1.807) is 6.92 Å². The number of carbonyl (C=O) groups is 1. The molecule has 0 saturated carbocycles. The van der Waals surface area contributed by atoms with Gasteiger partial charge in [0.2, 0.25) is 0 Å². The highest BCUT2D eigenvalue weighted by Crippen LogP contribution is 2.32. The van der Waals surface area contributed by atoms with Crippen molar-refractivity contribution in [1.82, 2.24) is 0 Å². The first-order chi connectivity index (χ1) is 8.91. The van der Waals surface area contributed by atoms with E-state index in [9.17, 15) is 4.79 Å². The Hall–Kier alpha value is -1.57. The Morgan fingerprint density at radius 2 is 1.35 bits per heavy atom. The number of carbonyl (C=O) groups excluding carboxylic acids is 1. The summed E-state index contributed by atoms with van der Waals surface area (Å²) in [6.45, 7) is 18.5. The molecule has 0 saturated heterocycles. The normalized spacial score (nSPS) is 12.2. The van der Waals surface area contributed by atoms with Crippen LogP contribution in [0.25, 0.3) is 0 Å². The highest BCUT2D eigenvalue weighted by molar-refractivity contribution is 6.02. The lowest BCUT2D eigenvalue weighted by atomic mass is 9.80. The molecule has 0 aliphatic heterocycles. The van der Waals surface area contributed by atoms with Crippen LogP contribution in [0.2, 0.25) is 0 Å². The van der Waals surface area contributed by atoms with Gasteiger partial charge in [-0.25, -0.2) is 0 Å². The highest BCUT2D eigenvalue weighted by Gasteiger charge is 2.20. The fraction of sp³-hybridized carbons (Fsp3) is 0.500.